The molecular weight excluding hydrogens is 245 g/mol. The van der Waals surface area contributed by atoms with Crippen LogP contribution in [0.4, 0.5) is 18.0 Å². The van der Waals surface area contributed by atoms with Gasteiger partial charge in [0.1, 0.15) is 6.54 Å². The second-order valence-corrected chi connectivity index (χ2v) is 5.04. The van der Waals surface area contributed by atoms with E-state index in [1.54, 1.807) is 4.90 Å². The molecule has 1 N–H and O–H groups in total. The van der Waals surface area contributed by atoms with Gasteiger partial charge >= 0.3 is 12.2 Å². The Morgan fingerprint density at radius 3 is 2.33 bits per heavy atom. The molecular formula is C12H21F3N2O. The van der Waals surface area contributed by atoms with Gasteiger partial charge < -0.3 is 10.2 Å². The summed E-state index contributed by atoms with van der Waals surface area (Å²) in [7, 11) is 0. The number of halogens is 3. The van der Waals surface area contributed by atoms with Gasteiger partial charge in [0.15, 0.2) is 0 Å². The summed E-state index contributed by atoms with van der Waals surface area (Å²) >= 11 is 0. The predicted octanol–water partition coefficient (Wildman–Crippen LogP) is 3.16. The van der Waals surface area contributed by atoms with E-state index in [1.165, 1.54) is 0 Å². The molecule has 0 aromatic carbocycles. The SMILES string of the molecule is CC[C@@H](C)[C@H](C)N(C(=O)NCC(F)(F)F)C1CC1. The number of hydrogen-bond donors (Lipinski definition) is 1. The fourth-order valence-corrected chi connectivity index (χ4v) is 1.92. The lowest BCUT2D eigenvalue weighted by molar-refractivity contribution is -0.123. The van der Waals surface area contributed by atoms with Crippen LogP contribution in [0.1, 0.15) is 40.0 Å². The number of amides is 2. The van der Waals surface area contributed by atoms with E-state index in [9.17, 15) is 18.0 Å². The Morgan fingerprint density at radius 2 is 1.94 bits per heavy atom. The minimum Gasteiger partial charge on any atom is -0.329 e. The van der Waals surface area contributed by atoms with E-state index in [4.69, 9.17) is 0 Å². The first-order valence-electron chi connectivity index (χ1n) is 6.39. The second-order valence-electron chi connectivity index (χ2n) is 5.04. The lowest BCUT2D eigenvalue weighted by atomic mass is 9.99. The quantitative estimate of drug-likeness (QED) is 0.814. The molecule has 1 aliphatic rings. The zero-order valence-electron chi connectivity index (χ0n) is 11.0. The molecule has 1 aliphatic carbocycles. The highest BCUT2D eigenvalue weighted by atomic mass is 19.4. The lowest BCUT2D eigenvalue weighted by Crippen LogP contribution is -2.50. The van der Waals surface area contributed by atoms with Gasteiger partial charge in [0.05, 0.1) is 0 Å². The number of rotatable bonds is 5. The van der Waals surface area contributed by atoms with Crippen LogP contribution in [0.25, 0.3) is 0 Å². The van der Waals surface area contributed by atoms with Crippen LogP contribution in [-0.4, -0.2) is 35.7 Å². The maximum absolute atomic E-state index is 12.1. The topological polar surface area (TPSA) is 32.3 Å². The molecule has 0 spiro atoms. The first-order chi connectivity index (χ1) is 8.26. The zero-order valence-corrected chi connectivity index (χ0v) is 11.0. The molecule has 0 aromatic heterocycles. The van der Waals surface area contributed by atoms with Gasteiger partial charge in [-0.15, -0.1) is 0 Å². The summed E-state index contributed by atoms with van der Waals surface area (Å²) in [4.78, 5) is 13.4. The first-order valence-corrected chi connectivity index (χ1v) is 6.39. The summed E-state index contributed by atoms with van der Waals surface area (Å²) in [6.07, 6.45) is -1.68. The van der Waals surface area contributed by atoms with Gasteiger partial charge in [-0.05, 0) is 25.7 Å². The number of alkyl halides is 3. The largest absolute Gasteiger partial charge is 0.405 e. The molecule has 2 amide bonds. The van der Waals surface area contributed by atoms with Crippen LogP contribution in [-0.2, 0) is 0 Å². The van der Waals surface area contributed by atoms with Crippen LogP contribution in [0.3, 0.4) is 0 Å². The second kappa shape index (κ2) is 5.80. The van der Waals surface area contributed by atoms with Gasteiger partial charge in [0, 0.05) is 12.1 Å². The van der Waals surface area contributed by atoms with Gasteiger partial charge in [-0.2, -0.15) is 13.2 Å². The van der Waals surface area contributed by atoms with E-state index in [0.717, 1.165) is 19.3 Å². The number of nitrogens with one attached hydrogen (secondary N) is 1. The Morgan fingerprint density at radius 1 is 1.39 bits per heavy atom. The molecule has 0 saturated heterocycles. The summed E-state index contributed by atoms with van der Waals surface area (Å²) in [5.74, 6) is 0.280. The average molecular weight is 266 g/mol. The van der Waals surface area contributed by atoms with Gasteiger partial charge in [0.25, 0.3) is 0 Å². The summed E-state index contributed by atoms with van der Waals surface area (Å²) < 4.78 is 36.3. The summed E-state index contributed by atoms with van der Waals surface area (Å²) in [6.45, 7) is 4.67. The molecule has 0 unspecified atom stereocenters. The molecule has 18 heavy (non-hydrogen) atoms. The van der Waals surface area contributed by atoms with Crippen molar-refractivity contribution in [2.45, 2.75) is 58.3 Å². The Kier molecular flexibility index (Phi) is 4.87. The van der Waals surface area contributed by atoms with Crippen LogP contribution in [0.2, 0.25) is 0 Å². The average Bonchev–Trinajstić information content (AvgIpc) is 3.08. The standard InChI is InChI=1S/C12H21F3N2O/c1-4-8(2)9(3)17(10-5-6-10)11(18)16-7-12(13,14)15/h8-10H,4-7H2,1-3H3,(H,16,18)/t8-,9+/m1/s1. The van der Waals surface area contributed by atoms with Crippen molar-refractivity contribution in [1.29, 1.82) is 0 Å². The number of nitrogens with zero attached hydrogens (tertiary/aromatic N) is 1. The van der Waals surface area contributed by atoms with Crippen molar-refractivity contribution in [2.75, 3.05) is 6.54 Å². The Bertz CT molecular complexity index is 290. The monoisotopic (exact) mass is 266 g/mol. The molecule has 0 heterocycles. The number of hydrogen-bond acceptors (Lipinski definition) is 1. The summed E-state index contributed by atoms with van der Waals surface area (Å²) in [6, 6.07) is -0.513. The van der Waals surface area contributed by atoms with E-state index >= 15 is 0 Å². The Balaban J connectivity index is 2.59. The minimum atomic E-state index is -4.36. The fraction of sp³-hybridized carbons (Fsp3) is 0.917. The molecule has 0 bridgehead atoms. The zero-order chi connectivity index (χ0) is 13.9. The third kappa shape index (κ3) is 4.38. The van der Waals surface area contributed by atoms with Crippen molar-refractivity contribution < 1.29 is 18.0 Å². The smallest absolute Gasteiger partial charge is 0.329 e. The highest BCUT2D eigenvalue weighted by molar-refractivity contribution is 5.75. The molecule has 0 radical (unpaired) electrons. The molecule has 2 atom stereocenters. The van der Waals surface area contributed by atoms with Crippen molar-refractivity contribution in [3.8, 4) is 0 Å². The van der Waals surface area contributed by atoms with E-state index in [1.807, 2.05) is 26.1 Å². The Labute approximate surface area is 106 Å². The first kappa shape index (κ1) is 15.1. The third-order valence-electron chi connectivity index (χ3n) is 3.52. The van der Waals surface area contributed by atoms with Crippen molar-refractivity contribution >= 4 is 6.03 Å². The molecule has 0 aromatic rings. The van der Waals surface area contributed by atoms with Gasteiger partial charge in [-0.25, -0.2) is 4.79 Å². The predicted molar refractivity (Wildman–Crippen MR) is 63.2 cm³/mol. The number of carbonyl (C=O) groups is 1. The van der Waals surface area contributed by atoms with Crippen LogP contribution in [0.5, 0.6) is 0 Å². The molecule has 1 saturated carbocycles. The fourth-order valence-electron chi connectivity index (χ4n) is 1.92. The van der Waals surface area contributed by atoms with Crippen LogP contribution < -0.4 is 5.32 Å². The Hall–Kier alpha value is -0.940. The summed E-state index contributed by atoms with van der Waals surface area (Å²) in [5.41, 5.74) is 0. The normalized spacial score (nSPS) is 19.2. The number of urea groups is 1. The van der Waals surface area contributed by atoms with Crippen LogP contribution >= 0.6 is 0 Å². The highest BCUT2D eigenvalue weighted by Crippen LogP contribution is 2.31. The van der Waals surface area contributed by atoms with Crippen LogP contribution in [0, 0.1) is 5.92 Å². The van der Waals surface area contributed by atoms with E-state index in [2.05, 4.69) is 0 Å². The van der Waals surface area contributed by atoms with E-state index in [0.29, 0.717) is 0 Å². The van der Waals surface area contributed by atoms with Gasteiger partial charge in [-0.3, -0.25) is 0 Å². The molecule has 1 fully saturated rings. The molecule has 3 nitrogen and oxygen atoms in total. The van der Waals surface area contributed by atoms with Crippen molar-refractivity contribution in [3.05, 3.63) is 0 Å². The third-order valence-corrected chi connectivity index (χ3v) is 3.52. The number of carbonyl (C=O) groups excluding carboxylic acids is 1. The van der Waals surface area contributed by atoms with Crippen molar-refractivity contribution in [2.24, 2.45) is 5.92 Å². The van der Waals surface area contributed by atoms with Crippen molar-refractivity contribution in [1.82, 2.24) is 10.2 Å². The maximum atomic E-state index is 12.1. The molecule has 0 aliphatic heterocycles. The molecule has 1 rings (SSSR count). The highest BCUT2D eigenvalue weighted by Gasteiger charge is 2.38. The maximum Gasteiger partial charge on any atom is 0.405 e. The van der Waals surface area contributed by atoms with Gasteiger partial charge in [-0.1, -0.05) is 20.3 Å². The van der Waals surface area contributed by atoms with Crippen LogP contribution in [0.15, 0.2) is 0 Å². The molecule has 6 heteroatoms. The van der Waals surface area contributed by atoms with Crippen molar-refractivity contribution in [3.63, 3.8) is 0 Å². The van der Waals surface area contributed by atoms with Gasteiger partial charge in [0.2, 0.25) is 0 Å². The lowest BCUT2D eigenvalue weighted by Gasteiger charge is -2.33. The minimum absolute atomic E-state index is 0.0317. The van der Waals surface area contributed by atoms with E-state index in [-0.39, 0.29) is 18.0 Å². The summed E-state index contributed by atoms with van der Waals surface area (Å²) in [5, 5.41) is 1.97. The van der Waals surface area contributed by atoms with E-state index < -0.39 is 18.8 Å². The molecule has 106 valence electrons.